The summed E-state index contributed by atoms with van der Waals surface area (Å²) in [6.45, 7) is 3.83. The molecule has 0 bridgehead atoms. The molecule has 0 aliphatic carbocycles. The van der Waals surface area contributed by atoms with Gasteiger partial charge in [-0.15, -0.1) is 10.2 Å². The molecule has 0 unspecified atom stereocenters. The summed E-state index contributed by atoms with van der Waals surface area (Å²) >= 11 is 0. The molecule has 1 aromatic carbocycles. The predicted octanol–water partition coefficient (Wildman–Crippen LogP) is 1.86. The highest BCUT2D eigenvalue weighted by atomic mass is 15.3. The number of nitriles is 1. The van der Waals surface area contributed by atoms with E-state index in [1.165, 1.54) is 0 Å². The van der Waals surface area contributed by atoms with E-state index in [0.29, 0.717) is 24.6 Å². The molecular formula is C18H19N7. The quantitative estimate of drug-likeness (QED) is 0.549. The van der Waals surface area contributed by atoms with Crippen molar-refractivity contribution in [2.75, 3.05) is 6.54 Å². The molecule has 7 heteroatoms. The van der Waals surface area contributed by atoms with E-state index in [0.717, 1.165) is 23.6 Å². The second-order valence-corrected chi connectivity index (χ2v) is 5.40. The van der Waals surface area contributed by atoms with Gasteiger partial charge >= 0.3 is 0 Å². The normalized spacial score (nSPS) is 11.3. The molecule has 0 spiro atoms. The maximum atomic E-state index is 8.84. The summed E-state index contributed by atoms with van der Waals surface area (Å²) in [4.78, 5) is 4.57. The Morgan fingerprint density at radius 1 is 1.16 bits per heavy atom. The van der Waals surface area contributed by atoms with Crippen LogP contribution in [0.4, 0.5) is 0 Å². The lowest BCUT2D eigenvalue weighted by atomic mass is 10.1. The Labute approximate surface area is 146 Å². The SMILES string of the molecule is CCNC(=NCc1ccc(C#N)cc1)NCc1nnc2ccccn12. The van der Waals surface area contributed by atoms with E-state index in [1.54, 1.807) is 12.1 Å². The van der Waals surface area contributed by atoms with Crippen LogP contribution in [0, 0.1) is 11.3 Å². The highest BCUT2D eigenvalue weighted by molar-refractivity contribution is 5.79. The van der Waals surface area contributed by atoms with Gasteiger partial charge in [-0.1, -0.05) is 18.2 Å². The smallest absolute Gasteiger partial charge is 0.191 e. The van der Waals surface area contributed by atoms with Gasteiger partial charge in [0, 0.05) is 12.7 Å². The van der Waals surface area contributed by atoms with Crippen molar-refractivity contribution in [3.8, 4) is 6.07 Å². The molecule has 0 aliphatic heterocycles. The fourth-order valence-electron chi connectivity index (χ4n) is 2.37. The first kappa shape index (κ1) is 16.5. The van der Waals surface area contributed by atoms with Crippen molar-refractivity contribution in [3.63, 3.8) is 0 Å². The van der Waals surface area contributed by atoms with Crippen LogP contribution in [0.5, 0.6) is 0 Å². The number of aliphatic imine (C=N–C) groups is 1. The third-order valence-electron chi connectivity index (χ3n) is 3.65. The molecule has 0 fully saturated rings. The highest BCUT2D eigenvalue weighted by Gasteiger charge is 2.05. The topological polar surface area (TPSA) is 90.4 Å². The first-order valence-corrected chi connectivity index (χ1v) is 8.10. The van der Waals surface area contributed by atoms with Gasteiger partial charge in [-0.3, -0.25) is 4.40 Å². The van der Waals surface area contributed by atoms with Crippen LogP contribution < -0.4 is 10.6 Å². The fraction of sp³-hybridized carbons (Fsp3) is 0.222. The summed E-state index contributed by atoms with van der Waals surface area (Å²) in [5, 5.41) is 23.7. The van der Waals surface area contributed by atoms with Crippen molar-refractivity contribution in [3.05, 3.63) is 65.6 Å². The predicted molar refractivity (Wildman–Crippen MR) is 95.8 cm³/mol. The summed E-state index contributed by atoms with van der Waals surface area (Å²) in [5.74, 6) is 1.53. The van der Waals surface area contributed by atoms with Crippen LogP contribution in [0.1, 0.15) is 23.9 Å². The Morgan fingerprint density at radius 2 is 2.00 bits per heavy atom. The van der Waals surface area contributed by atoms with Crippen molar-refractivity contribution in [2.24, 2.45) is 4.99 Å². The van der Waals surface area contributed by atoms with Crippen LogP contribution in [0.2, 0.25) is 0 Å². The monoisotopic (exact) mass is 333 g/mol. The van der Waals surface area contributed by atoms with Crippen LogP contribution in [0.25, 0.3) is 5.65 Å². The zero-order valence-corrected chi connectivity index (χ0v) is 14.0. The summed E-state index contributed by atoms with van der Waals surface area (Å²) in [5.41, 5.74) is 2.51. The summed E-state index contributed by atoms with van der Waals surface area (Å²) in [6, 6.07) is 15.3. The molecule has 25 heavy (non-hydrogen) atoms. The average Bonchev–Trinajstić information content (AvgIpc) is 3.07. The number of pyridine rings is 1. The van der Waals surface area contributed by atoms with Crippen molar-refractivity contribution >= 4 is 11.6 Å². The lowest BCUT2D eigenvalue weighted by Crippen LogP contribution is -2.37. The number of nitrogens with one attached hydrogen (secondary N) is 2. The lowest BCUT2D eigenvalue weighted by molar-refractivity contribution is 0.765. The number of guanidine groups is 1. The molecule has 0 radical (unpaired) electrons. The lowest BCUT2D eigenvalue weighted by Gasteiger charge is -2.10. The average molecular weight is 333 g/mol. The Hall–Kier alpha value is -3.40. The Morgan fingerprint density at radius 3 is 2.76 bits per heavy atom. The van der Waals surface area contributed by atoms with Crippen molar-refractivity contribution in [2.45, 2.75) is 20.0 Å². The molecule has 3 rings (SSSR count). The van der Waals surface area contributed by atoms with Crippen molar-refractivity contribution < 1.29 is 0 Å². The Balaban J connectivity index is 1.66. The number of nitrogens with zero attached hydrogens (tertiary/aromatic N) is 5. The number of aromatic nitrogens is 3. The molecule has 126 valence electrons. The molecule has 3 aromatic rings. The van der Waals surface area contributed by atoms with Gasteiger partial charge in [0.1, 0.15) is 0 Å². The number of benzene rings is 1. The molecule has 7 nitrogen and oxygen atoms in total. The van der Waals surface area contributed by atoms with Gasteiger partial charge in [0.15, 0.2) is 17.4 Å². The molecule has 0 atom stereocenters. The van der Waals surface area contributed by atoms with E-state index >= 15 is 0 Å². The third-order valence-corrected chi connectivity index (χ3v) is 3.65. The molecule has 0 aliphatic rings. The summed E-state index contributed by atoms with van der Waals surface area (Å²) < 4.78 is 1.94. The Kier molecular flexibility index (Phi) is 5.22. The van der Waals surface area contributed by atoms with Gasteiger partial charge < -0.3 is 10.6 Å². The minimum Gasteiger partial charge on any atom is -0.357 e. The highest BCUT2D eigenvalue weighted by Crippen LogP contribution is 2.05. The number of fused-ring (bicyclic) bond motifs is 1. The van der Waals surface area contributed by atoms with Gasteiger partial charge in [-0.2, -0.15) is 5.26 Å². The van der Waals surface area contributed by atoms with Crippen LogP contribution in [0.3, 0.4) is 0 Å². The van der Waals surface area contributed by atoms with Crippen molar-refractivity contribution in [1.29, 1.82) is 5.26 Å². The largest absolute Gasteiger partial charge is 0.357 e. The number of hydrogen-bond acceptors (Lipinski definition) is 4. The van der Waals surface area contributed by atoms with E-state index in [-0.39, 0.29) is 0 Å². The van der Waals surface area contributed by atoms with E-state index in [4.69, 9.17) is 5.26 Å². The number of rotatable bonds is 5. The second kappa shape index (κ2) is 7.93. The van der Waals surface area contributed by atoms with E-state index in [9.17, 15) is 0 Å². The first-order valence-electron chi connectivity index (χ1n) is 8.10. The molecule has 2 aromatic heterocycles. The molecule has 0 saturated carbocycles. The van der Waals surface area contributed by atoms with Gasteiger partial charge in [0.2, 0.25) is 0 Å². The molecule has 0 saturated heterocycles. The summed E-state index contributed by atoms with van der Waals surface area (Å²) in [6.07, 6.45) is 1.94. The second-order valence-electron chi connectivity index (χ2n) is 5.40. The fourth-order valence-corrected chi connectivity index (χ4v) is 2.37. The molecule has 2 heterocycles. The molecule has 2 N–H and O–H groups in total. The van der Waals surface area contributed by atoms with Gasteiger partial charge in [0.05, 0.1) is 24.7 Å². The standard InChI is InChI=1S/C18H19N7/c1-2-20-18(21-12-15-8-6-14(11-19)7-9-15)22-13-17-24-23-16-5-3-4-10-25(16)17/h3-10H,2,12-13H2,1H3,(H2,20,21,22). The van der Waals surface area contributed by atoms with Crippen LogP contribution >= 0.6 is 0 Å². The van der Waals surface area contributed by atoms with Gasteiger partial charge in [-0.05, 0) is 36.8 Å². The first-order chi connectivity index (χ1) is 12.3. The summed E-state index contributed by atoms with van der Waals surface area (Å²) in [7, 11) is 0. The van der Waals surface area contributed by atoms with Gasteiger partial charge in [-0.25, -0.2) is 4.99 Å². The van der Waals surface area contributed by atoms with Crippen molar-refractivity contribution in [1.82, 2.24) is 25.2 Å². The zero-order chi connectivity index (χ0) is 17.5. The minimum atomic E-state index is 0.518. The van der Waals surface area contributed by atoms with Crippen LogP contribution in [-0.4, -0.2) is 27.1 Å². The molecular weight excluding hydrogens is 314 g/mol. The Bertz CT molecular complexity index is 903. The van der Waals surface area contributed by atoms with Crippen LogP contribution in [-0.2, 0) is 13.1 Å². The maximum absolute atomic E-state index is 8.84. The molecule has 0 amide bonds. The third kappa shape index (κ3) is 4.12. The van der Waals surface area contributed by atoms with E-state index < -0.39 is 0 Å². The maximum Gasteiger partial charge on any atom is 0.191 e. The number of hydrogen-bond donors (Lipinski definition) is 2. The van der Waals surface area contributed by atoms with E-state index in [1.807, 2.05) is 47.9 Å². The van der Waals surface area contributed by atoms with Gasteiger partial charge in [0.25, 0.3) is 0 Å². The minimum absolute atomic E-state index is 0.518. The zero-order valence-electron chi connectivity index (χ0n) is 14.0. The van der Waals surface area contributed by atoms with E-state index in [2.05, 4.69) is 31.9 Å². The van der Waals surface area contributed by atoms with Crippen LogP contribution in [0.15, 0.2) is 53.7 Å².